The predicted molar refractivity (Wildman–Crippen MR) is 108 cm³/mol. The number of carbonyl (C=O) groups is 1. The first-order valence-electron chi connectivity index (χ1n) is 9.78. The number of azo groups is 1. The maximum Gasteiger partial charge on any atom is 0.295 e. The van der Waals surface area contributed by atoms with E-state index in [1.807, 2.05) is 34.9 Å². The number of piperidine rings is 1. The number of quaternary nitrogens is 1. The number of amides is 1. The average molecular weight is 377 g/mol. The summed E-state index contributed by atoms with van der Waals surface area (Å²) in [7, 11) is 0. The van der Waals surface area contributed by atoms with E-state index in [9.17, 15) is 9.90 Å². The van der Waals surface area contributed by atoms with Crippen molar-refractivity contribution in [2.75, 3.05) is 13.1 Å². The van der Waals surface area contributed by atoms with E-state index in [4.69, 9.17) is 0 Å². The van der Waals surface area contributed by atoms with E-state index in [2.05, 4.69) is 17.2 Å². The maximum atomic E-state index is 12.3. The minimum Gasteiger partial charge on any atom is -0.493 e. The number of hydrogen-bond donors (Lipinski definition) is 2. The van der Waals surface area contributed by atoms with Crippen LogP contribution < -0.4 is 4.90 Å². The molecule has 6 nitrogen and oxygen atoms in total. The number of para-hydroxylation sites is 1. The second kappa shape index (κ2) is 7.94. The summed E-state index contributed by atoms with van der Waals surface area (Å²) in [5.41, 5.74) is 1.73. The largest absolute Gasteiger partial charge is 0.493 e. The number of benzene rings is 2. The van der Waals surface area contributed by atoms with E-state index >= 15 is 0 Å². The molecule has 0 spiro atoms. The van der Waals surface area contributed by atoms with Crippen LogP contribution in [0, 0.1) is 5.92 Å². The van der Waals surface area contributed by atoms with Crippen LogP contribution in [-0.4, -0.2) is 28.7 Å². The van der Waals surface area contributed by atoms with Gasteiger partial charge in [-0.25, -0.2) is 0 Å². The fraction of sp³-hybridized carbons (Fsp3) is 0.318. The molecule has 0 radical (unpaired) electrons. The minimum absolute atomic E-state index is 0.0666. The molecule has 0 bridgehead atoms. The Morgan fingerprint density at radius 2 is 1.79 bits per heavy atom. The summed E-state index contributed by atoms with van der Waals surface area (Å²) >= 11 is 0. The molecule has 2 N–H and O–H groups in total. The molecule has 0 aliphatic carbocycles. The van der Waals surface area contributed by atoms with Crippen LogP contribution >= 0.6 is 0 Å². The van der Waals surface area contributed by atoms with Crippen molar-refractivity contribution >= 4 is 22.5 Å². The van der Waals surface area contributed by atoms with Gasteiger partial charge in [-0.2, -0.15) is 0 Å². The lowest BCUT2D eigenvalue weighted by atomic mass is 10.00. The second-order valence-corrected chi connectivity index (χ2v) is 7.58. The molecular formula is C22H25N4O2+. The molecule has 6 heteroatoms. The molecule has 1 aromatic heterocycles. The fourth-order valence-electron chi connectivity index (χ4n) is 3.82. The Morgan fingerprint density at radius 3 is 2.54 bits per heavy atom. The van der Waals surface area contributed by atoms with Crippen molar-refractivity contribution in [1.29, 1.82) is 0 Å². The fourth-order valence-corrected chi connectivity index (χ4v) is 3.82. The van der Waals surface area contributed by atoms with Gasteiger partial charge in [-0.3, -0.25) is 9.36 Å². The summed E-state index contributed by atoms with van der Waals surface area (Å²) in [4.78, 5) is 13.7. The van der Waals surface area contributed by atoms with Gasteiger partial charge in [0.2, 0.25) is 5.88 Å². The molecular weight excluding hydrogens is 352 g/mol. The van der Waals surface area contributed by atoms with E-state index in [0.717, 1.165) is 29.9 Å². The Balaban J connectivity index is 1.64. The van der Waals surface area contributed by atoms with Crippen molar-refractivity contribution in [3.63, 3.8) is 0 Å². The first-order chi connectivity index (χ1) is 13.6. The first kappa shape index (κ1) is 18.4. The molecule has 2 heterocycles. The lowest BCUT2D eigenvalue weighted by molar-refractivity contribution is -0.928. The number of nitrogens with one attached hydrogen (secondary N) is 1. The van der Waals surface area contributed by atoms with Crippen LogP contribution in [-0.2, 0) is 6.67 Å². The van der Waals surface area contributed by atoms with Crippen LogP contribution in [0.2, 0.25) is 0 Å². The highest BCUT2D eigenvalue weighted by atomic mass is 16.3. The third-order valence-corrected chi connectivity index (χ3v) is 5.54. The van der Waals surface area contributed by atoms with Gasteiger partial charge >= 0.3 is 0 Å². The summed E-state index contributed by atoms with van der Waals surface area (Å²) in [5.74, 6) is 0.413. The van der Waals surface area contributed by atoms with Crippen LogP contribution in [0.5, 0.6) is 5.88 Å². The van der Waals surface area contributed by atoms with Crippen LogP contribution in [0.4, 0.5) is 5.69 Å². The van der Waals surface area contributed by atoms with E-state index in [-0.39, 0.29) is 5.88 Å². The SMILES string of the molecule is CC1CC[NH+](Cn2c(O)c(N=NC(=O)c3ccccc3)c3ccccc32)CC1. The average Bonchev–Trinajstić information content (AvgIpc) is 3.00. The van der Waals surface area contributed by atoms with Crippen molar-refractivity contribution in [3.8, 4) is 5.88 Å². The number of nitrogens with zero attached hydrogens (tertiary/aromatic N) is 3. The first-order valence-corrected chi connectivity index (χ1v) is 9.78. The Morgan fingerprint density at radius 1 is 1.11 bits per heavy atom. The molecule has 1 saturated heterocycles. The van der Waals surface area contributed by atoms with Crippen molar-refractivity contribution < 1.29 is 14.8 Å². The zero-order chi connectivity index (χ0) is 19.5. The second-order valence-electron chi connectivity index (χ2n) is 7.58. The number of aromatic nitrogens is 1. The van der Waals surface area contributed by atoms with Crippen molar-refractivity contribution in [3.05, 3.63) is 60.2 Å². The van der Waals surface area contributed by atoms with Gasteiger partial charge in [0.1, 0.15) is 0 Å². The van der Waals surface area contributed by atoms with Crippen molar-refractivity contribution in [2.24, 2.45) is 16.1 Å². The number of aromatic hydroxyl groups is 1. The predicted octanol–water partition coefficient (Wildman–Crippen LogP) is 3.54. The normalized spacial score (nSPS) is 20.0. The molecule has 0 saturated carbocycles. The van der Waals surface area contributed by atoms with Gasteiger partial charge in [0.05, 0.1) is 18.6 Å². The topological polar surface area (TPSA) is 71.4 Å². The van der Waals surface area contributed by atoms with Gasteiger partial charge in [-0.15, -0.1) is 10.2 Å². The van der Waals surface area contributed by atoms with Gasteiger partial charge in [-0.05, 0) is 37.0 Å². The van der Waals surface area contributed by atoms with E-state index < -0.39 is 5.91 Å². The number of hydrogen-bond acceptors (Lipinski definition) is 3. The highest BCUT2D eigenvalue weighted by molar-refractivity contribution is 5.97. The molecule has 0 unspecified atom stereocenters. The smallest absolute Gasteiger partial charge is 0.295 e. The van der Waals surface area contributed by atoms with E-state index in [1.54, 1.807) is 24.3 Å². The Kier molecular flexibility index (Phi) is 5.21. The molecule has 0 atom stereocenters. The Labute approximate surface area is 164 Å². The van der Waals surface area contributed by atoms with E-state index in [1.165, 1.54) is 17.7 Å². The Bertz CT molecular complexity index is 1000. The maximum absolute atomic E-state index is 12.3. The number of likely N-dealkylation sites (tertiary alicyclic amines) is 1. The minimum atomic E-state index is -0.424. The summed E-state index contributed by atoms with van der Waals surface area (Å²) in [6.45, 7) is 5.16. The Hall–Kier alpha value is -2.99. The molecule has 28 heavy (non-hydrogen) atoms. The van der Waals surface area contributed by atoms with Gasteiger partial charge in [0, 0.05) is 10.9 Å². The highest BCUT2D eigenvalue weighted by Crippen LogP contribution is 2.38. The summed E-state index contributed by atoms with van der Waals surface area (Å²) in [6, 6.07) is 16.5. The third kappa shape index (κ3) is 3.68. The molecule has 3 aromatic rings. The van der Waals surface area contributed by atoms with Crippen molar-refractivity contribution in [2.45, 2.75) is 26.4 Å². The van der Waals surface area contributed by atoms with Gasteiger partial charge in [0.25, 0.3) is 5.91 Å². The number of fused-ring (bicyclic) bond motifs is 1. The third-order valence-electron chi connectivity index (χ3n) is 5.54. The summed E-state index contributed by atoms with van der Waals surface area (Å²) < 4.78 is 1.89. The number of rotatable bonds is 4. The molecule has 2 aromatic carbocycles. The lowest BCUT2D eigenvalue weighted by Crippen LogP contribution is -3.12. The van der Waals surface area contributed by atoms with Gasteiger partial charge < -0.3 is 10.0 Å². The molecule has 1 amide bonds. The summed E-state index contributed by atoms with van der Waals surface area (Å²) in [5, 5.41) is 19.6. The zero-order valence-corrected chi connectivity index (χ0v) is 16.0. The van der Waals surface area contributed by atoms with Crippen molar-refractivity contribution in [1.82, 2.24) is 4.57 Å². The molecule has 4 rings (SSSR count). The zero-order valence-electron chi connectivity index (χ0n) is 16.0. The number of carbonyl (C=O) groups excluding carboxylic acids is 1. The van der Waals surface area contributed by atoms with Crippen LogP contribution in [0.3, 0.4) is 0 Å². The highest BCUT2D eigenvalue weighted by Gasteiger charge is 2.23. The molecule has 144 valence electrons. The molecule has 1 aliphatic heterocycles. The van der Waals surface area contributed by atoms with Crippen LogP contribution in [0.25, 0.3) is 10.9 Å². The quantitative estimate of drug-likeness (QED) is 0.683. The lowest BCUT2D eigenvalue weighted by Gasteiger charge is -2.27. The van der Waals surface area contributed by atoms with Gasteiger partial charge in [0.15, 0.2) is 12.4 Å². The summed E-state index contributed by atoms with van der Waals surface area (Å²) in [6.07, 6.45) is 2.40. The standard InChI is InChI=1S/C22H24N4O2/c1-16-11-13-25(14-12-16)15-26-19-10-6-5-9-18(19)20(22(26)28)23-24-21(27)17-7-3-2-4-8-17/h2-10,16,28H,11-15H2,1H3/p+1. The molecule has 1 fully saturated rings. The van der Waals surface area contributed by atoms with E-state index in [0.29, 0.717) is 17.9 Å². The van der Waals surface area contributed by atoms with Crippen LogP contribution in [0.15, 0.2) is 64.8 Å². The molecule has 1 aliphatic rings. The van der Waals surface area contributed by atoms with Gasteiger partial charge in [-0.1, -0.05) is 43.3 Å². The monoisotopic (exact) mass is 377 g/mol. The van der Waals surface area contributed by atoms with Crippen LogP contribution in [0.1, 0.15) is 30.1 Å².